The van der Waals surface area contributed by atoms with Gasteiger partial charge in [-0.05, 0) is 69.6 Å². The van der Waals surface area contributed by atoms with Gasteiger partial charge in [-0.1, -0.05) is 13.0 Å². The molecule has 0 bridgehead atoms. The van der Waals surface area contributed by atoms with Crippen LogP contribution in [-0.4, -0.2) is 65.4 Å². The third-order valence-corrected chi connectivity index (χ3v) is 5.95. The number of carboxylic acids is 1. The Kier molecular flexibility index (Phi) is 7.59. The van der Waals surface area contributed by atoms with Crippen LogP contribution >= 0.6 is 11.8 Å². The molecule has 134 valence electrons. The van der Waals surface area contributed by atoms with E-state index in [4.69, 9.17) is 5.11 Å². The molecule has 24 heavy (non-hydrogen) atoms. The zero-order valence-electron chi connectivity index (χ0n) is 15.1. The van der Waals surface area contributed by atoms with Gasteiger partial charge < -0.3 is 10.0 Å². The SMILES string of the molecule is CCN(CC(=O)O)C1CCN(CCSc2ccc(C)c(C)c2)CC1. The molecule has 1 aliphatic heterocycles. The molecule has 1 aromatic carbocycles. The third-order valence-electron chi connectivity index (χ3n) is 4.97. The Labute approximate surface area is 150 Å². The second-order valence-corrected chi connectivity index (χ2v) is 7.79. The van der Waals surface area contributed by atoms with E-state index >= 15 is 0 Å². The maximum Gasteiger partial charge on any atom is 0.317 e. The molecule has 0 aliphatic carbocycles. The Morgan fingerprint density at radius 2 is 2.00 bits per heavy atom. The second kappa shape index (κ2) is 9.44. The average molecular weight is 351 g/mol. The fourth-order valence-electron chi connectivity index (χ4n) is 3.28. The first kappa shape index (κ1) is 19.3. The molecule has 0 unspecified atom stereocenters. The van der Waals surface area contributed by atoms with E-state index in [0.717, 1.165) is 44.8 Å². The highest BCUT2D eigenvalue weighted by Gasteiger charge is 2.24. The molecule has 1 N–H and O–H groups in total. The summed E-state index contributed by atoms with van der Waals surface area (Å²) < 4.78 is 0. The van der Waals surface area contributed by atoms with Gasteiger partial charge in [0.05, 0.1) is 6.54 Å². The molecule has 2 rings (SSSR count). The summed E-state index contributed by atoms with van der Waals surface area (Å²) in [7, 11) is 0. The minimum absolute atomic E-state index is 0.170. The van der Waals surface area contributed by atoms with Gasteiger partial charge in [0.25, 0.3) is 0 Å². The van der Waals surface area contributed by atoms with Crippen LogP contribution in [-0.2, 0) is 4.79 Å². The standard InChI is InChI=1S/C19H30N2O2S/c1-4-21(14-19(22)23)17-7-9-20(10-8-17)11-12-24-18-6-5-15(2)16(3)13-18/h5-6,13,17H,4,7-12,14H2,1-3H3,(H,22,23). The van der Waals surface area contributed by atoms with E-state index in [1.807, 2.05) is 11.8 Å². The summed E-state index contributed by atoms with van der Waals surface area (Å²) in [6.07, 6.45) is 2.16. The van der Waals surface area contributed by atoms with E-state index < -0.39 is 5.97 Å². The van der Waals surface area contributed by atoms with Crippen LogP contribution in [0.25, 0.3) is 0 Å². The number of carbonyl (C=O) groups is 1. The first-order valence-electron chi connectivity index (χ1n) is 8.88. The number of piperidine rings is 1. The fourth-order valence-corrected chi connectivity index (χ4v) is 4.29. The molecule has 4 nitrogen and oxygen atoms in total. The topological polar surface area (TPSA) is 43.8 Å². The first-order valence-corrected chi connectivity index (χ1v) is 9.86. The van der Waals surface area contributed by atoms with E-state index in [-0.39, 0.29) is 6.54 Å². The van der Waals surface area contributed by atoms with Gasteiger partial charge in [-0.2, -0.15) is 0 Å². The summed E-state index contributed by atoms with van der Waals surface area (Å²) in [6, 6.07) is 7.11. The van der Waals surface area contributed by atoms with Crippen LogP contribution in [0.2, 0.25) is 0 Å². The van der Waals surface area contributed by atoms with Crippen molar-refractivity contribution in [1.82, 2.24) is 9.80 Å². The van der Waals surface area contributed by atoms with Gasteiger partial charge in [0.1, 0.15) is 0 Å². The highest BCUT2D eigenvalue weighted by atomic mass is 32.2. The Bertz CT molecular complexity index is 542. The lowest BCUT2D eigenvalue weighted by atomic mass is 10.0. The Balaban J connectivity index is 1.71. The van der Waals surface area contributed by atoms with Crippen LogP contribution in [0, 0.1) is 13.8 Å². The van der Waals surface area contributed by atoms with E-state index in [2.05, 4.69) is 48.8 Å². The molecule has 0 saturated carbocycles. The summed E-state index contributed by atoms with van der Waals surface area (Å²) in [4.78, 5) is 16.9. The molecular weight excluding hydrogens is 320 g/mol. The number of thioether (sulfide) groups is 1. The van der Waals surface area contributed by atoms with Gasteiger partial charge in [0.15, 0.2) is 0 Å². The second-order valence-electron chi connectivity index (χ2n) is 6.62. The number of likely N-dealkylation sites (tertiary alicyclic amines) is 1. The van der Waals surface area contributed by atoms with Crippen molar-refractivity contribution in [3.63, 3.8) is 0 Å². The van der Waals surface area contributed by atoms with Crippen LogP contribution in [0.1, 0.15) is 30.9 Å². The van der Waals surface area contributed by atoms with Crippen molar-refractivity contribution in [2.24, 2.45) is 0 Å². The number of nitrogens with zero attached hydrogens (tertiary/aromatic N) is 2. The number of aryl methyl sites for hydroxylation is 2. The van der Waals surface area contributed by atoms with Crippen molar-refractivity contribution in [2.45, 2.75) is 44.6 Å². The van der Waals surface area contributed by atoms with Crippen molar-refractivity contribution in [3.8, 4) is 0 Å². The Hall–Kier alpha value is -1.04. The lowest BCUT2D eigenvalue weighted by Gasteiger charge is -2.37. The summed E-state index contributed by atoms with van der Waals surface area (Å²) in [5, 5.41) is 9.00. The monoisotopic (exact) mass is 350 g/mol. The molecule has 0 spiro atoms. The number of hydrogen-bond acceptors (Lipinski definition) is 4. The van der Waals surface area contributed by atoms with Crippen LogP contribution in [0.15, 0.2) is 23.1 Å². The Morgan fingerprint density at radius 3 is 2.58 bits per heavy atom. The third kappa shape index (κ3) is 5.80. The average Bonchev–Trinajstić information content (AvgIpc) is 2.56. The number of aliphatic carboxylic acids is 1. The smallest absolute Gasteiger partial charge is 0.317 e. The van der Waals surface area contributed by atoms with Crippen LogP contribution in [0.4, 0.5) is 0 Å². The van der Waals surface area contributed by atoms with Gasteiger partial charge in [0.2, 0.25) is 0 Å². The first-order chi connectivity index (χ1) is 11.5. The van der Waals surface area contributed by atoms with E-state index in [1.54, 1.807) is 0 Å². The lowest BCUT2D eigenvalue weighted by Crippen LogP contribution is -2.46. The molecule has 0 aromatic heterocycles. The number of benzene rings is 1. The van der Waals surface area contributed by atoms with E-state index in [1.165, 1.54) is 16.0 Å². The lowest BCUT2D eigenvalue weighted by molar-refractivity contribution is -0.139. The van der Waals surface area contributed by atoms with Crippen LogP contribution in [0.3, 0.4) is 0 Å². The maximum atomic E-state index is 10.9. The quantitative estimate of drug-likeness (QED) is 0.729. The predicted molar refractivity (Wildman–Crippen MR) is 101 cm³/mol. The van der Waals surface area contributed by atoms with E-state index in [0.29, 0.717) is 6.04 Å². The van der Waals surface area contributed by atoms with Crippen molar-refractivity contribution in [1.29, 1.82) is 0 Å². The Morgan fingerprint density at radius 1 is 1.29 bits per heavy atom. The zero-order valence-corrected chi connectivity index (χ0v) is 15.9. The predicted octanol–water partition coefficient (Wildman–Crippen LogP) is 3.27. The van der Waals surface area contributed by atoms with Crippen molar-refractivity contribution >= 4 is 17.7 Å². The summed E-state index contributed by atoms with van der Waals surface area (Å²) in [6.45, 7) is 10.6. The molecule has 0 amide bonds. The molecule has 5 heteroatoms. The summed E-state index contributed by atoms with van der Waals surface area (Å²) in [5.74, 6) is 0.392. The van der Waals surface area contributed by atoms with Gasteiger partial charge >= 0.3 is 5.97 Å². The molecule has 0 radical (unpaired) electrons. The maximum absolute atomic E-state index is 10.9. The zero-order chi connectivity index (χ0) is 17.5. The van der Waals surface area contributed by atoms with Gasteiger partial charge in [-0.25, -0.2) is 0 Å². The highest BCUT2D eigenvalue weighted by Crippen LogP contribution is 2.22. The fraction of sp³-hybridized carbons (Fsp3) is 0.632. The molecule has 1 aliphatic rings. The normalized spacial score (nSPS) is 16.7. The van der Waals surface area contributed by atoms with Crippen molar-refractivity contribution in [3.05, 3.63) is 29.3 Å². The molecule has 1 heterocycles. The largest absolute Gasteiger partial charge is 0.480 e. The van der Waals surface area contributed by atoms with Crippen LogP contribution in [0.5, 0.6) is 0 Å². The minimum atomic E-state index is -0.718. The van der Waals surface area contributed by atoms with Crippen molar-refractivity contribution in [2.75, 3.05) is 38.5 Å². The molecule has 1 fully saturated rings. The molecular formula is C19H30N2O2S. The number of likely N-dealkylation sites (N-methyl/N-ethyl adjacent to an activating group) is 1. The molecule has 0 atom stereocenters. The highest BCUT2D eigenvalue weighted by molar-refractivity contribution is 7.99. The number of rotatable bonds is 8. The summed E-state index contributed by atoms with van der Waals surface area (Å²) in [5.41, 5.74) is 2.71. The van der Waals surface area contributed by atoms with Gasteiger partial charge in [0, 0.05) is 23.2 Å². The minimum Gasteiger partial charge on any atom is -0.480 e. The van der Waals surface area contributed by atoms with E-state index in [9.17, 15) is 4.79 Å². The summed E-state index contributed by atoms with van der Waals surface area (Å²) >= 11 is 1.93. The number of carboxylic acid groups (broad SMARTS) is 1. The van der Waals surface area contributed by atoms with Gasteiger partial charge in [-0.15, -0.1) is 11.8 Å². The van der Waals surface area contributed by atoms with Crippen molar-refractivity contribution < 1.29 is 9.90 Å². The van der Waals surface area contributed by atoms with Gasteiger partial charge in [-0.3, -0.25) is 9.69 Å². The molecule has 1 saturated heterocycles. The molecule has 1 aromatic rings. The van der Waals surface area contributed by atoms with Crippen LogP contribution < -0.4 is 0 Å². The number of hydrogen-bond donors (Lipinski definition) is 1.